The molecule has 1 heterocycles. The molecule has 1 aromatic rings. The maximum Gasteiger partial charge on any atom is 0.338 e. The summed E-state index contributed by atoms with van der Waals surface area (Å²) < 4.78 is 48.5. The van der Waals surface area contributed by atoms with Crippen molar-refractivity contribution in [3.8, 4) is 0 Å². The van der Waals surface area contributed by atoms with Gasteiger partial charge in [-0.15, -0.1) is 0 Å². The van der Waals surface area contributed by atoms with Crippen LogP contribution >= 0.6 is 0 Å². The van der Waals surface area contributed by atoms with Crippen molar-refractivity contribution in [3.63, 3.8) is 0 Å². The Morgan fingerprint density at radius 1 is 1.33 bits per heavy atom. The number of benzene rings is 1. The first-order valence-corrected chi connectivity index (χ1v) is 5.51. The van der Waals surface area contributed by atoms with Crippen LogP contribution in [0.2, 0.25) is 0 Å². The van der Waals surface area contributed by atoms with Crippen molar-refractivity contribution in [3.05, 3.63) is 35.1 Å². The van der Waals surface area contributed by atoms with E-state index in [4.69, 9.17) is 9.47 Å². The third-order valence-corrected chi connectivity index (χ3v) is 2.64. The molecule has 1 aromatic carbocycles. The third kappa shape index (κ3) is 2.81. The van der Waals surface area contributed by atoms with Gasteiger partial charge in [-0.25, -0.2) is 18.0 Å². The van der Waals surface area contributed by atoms with Gasteiger partial charge in [0.25, 0.3) is 0 Å². The fourth-order valence-electron chi connectivity index (χ4n) is 1.70. The van der Waals surface area contributed by atoms with Crippen LogP contribution in [0, 0.1) is 17.5 Å². The Balaban J connectivity index is 2.00. The molecular weight excluding hydrogens is 249 g/mol. The van der Waals surface area contributed by atoms with Crippen molar-refractivity contribution in [1.29, 1.82) is 0 Å². The lowest BCUT2D eigenvalue weighted by molar-refractivity contribution is 0.0160. The lowest BCUT2D eigenvalue weighted by Crippen LogP contribution is -2.18. The van der Waals surface area contributed by atoms with E-state index in [0.717, 1.165) is 12.8 Å². The minimum absolute atomic E-state index is 0.0272. The number of halogens is 3. The number of hydrogen-bond donors (Lipinski definition) is 0. The summed E-state index contributed by atoms with van der Waals surface area (Å²) in [6, 6.07) is 1.21. The van der Waals surface area contributed by atoms with Crippen LogP contribution in [0.4, 0.5) is 13.2 Å². The largest absolute Gasteiger partial charge is 0.459 e. The number of ether oxygens (including phenoxy) is 2. The van der Waals surface area contributed by atoms with Gasteiger partial charge >= 0.3 is 5.97 Å². The third-order valence-electron chi connectivity index (χ3n) is 2.64. The highest BCUT2D eigenvalue weighted by atomic mass is 19.2. The summed E-state index contributed by atoms with van der Waals surface area (Å²) in [4.78, 5) is 11.5. The van der Waals surface area contributed by atoms with E-state index < -0.39 is 23.4 Å². The van der Waals surface area contributed by atoms with E-state index in [0.29, 0.717) is 18.7 Å². The molecule has 1 saturated heterocycles. The molecule has 1 unspecified atom stereocenters. The Bertz CT molecular complexity index is 433. The Labute approximate surface area is 102 Å². The van der Waals surface area contributed by atoms with Crippen molar-refractivity contribution in [2.24, 2.45) is 0 Å². The van der Waals surface area contributed by atoms with Gasteiger partial charge in [0.1, 0.15) is 6.61 Å². The van der Waals surface area contributed by atoms with Gasteiger partial charge in [-0.05, 0) is 25.0 Å². The van der Waals surface area contributed by atoms with Crippen LogP contribution < -0.4 is 0 Å². The van der Waals surface area contributed by atoms with Crippen molar-refractivity contribution < 1.29 is 27.4 Å². The highest BCUT2D eigenvalue weighted by molar-refractivity contribution is 5.89. The molecule has 1 atom stereocenters. The van der Waals surface area contributed by atoms with Gasteiger partial charge in [0.05, 0.1) is 11.7 Å². The van der Waals surface area contributed by atoms with Crippen LogP contribution in [-0.2, 0) is 9.47 Å². The molecule has 0 N–H and O–H groups in total. The first-order chi connectivity index (χ1) is 8.58. The smallest absolute Gasteiger partial charge is 0.338 e. The summed E-state index contributed by atoms with van der Waals surface area (Å²) in [6.45, 7) is 0.640. The molecule has 98 valence electrons. The van der Waals surface area contributed by atoms with E-state index in [1.54, 1.807) is 0 Å². The molecule has 0 spiro atoms. The average molecular weight is 260 g/mol. The molecule has 0 radical (unpaired) electrons. The van der Waals surface area contributed by atoms with Crippen molar-refractivity contribution >= 4 is 5.97 Å². The van der Waals surface area contributed by atoms with Crippen molar-refractivity contribution in [1.82, 2.24) is 0 Å². The normalized spacial score (nSPS) is 18.9. The molecule has 1 fully saturated rings. The van der Waals surface area contributed by atoms with Gasteiger partial charge in [0.15, 0.2) is 17.5 Å². The molecule has 2 rings (SSSR count). The maximum atomic E-state index is 12.9. The standard InChI is InChI=1S/C12H11F3O3/c13-9-4-7(5-10(14)11(9)15)12(16)18-6-8-2-1-3-17-8/h4-5,8H,1-3,6H2. The van der Waals surface area contributed by atoms with E-state index in [-0.39, 0.29) is 18.3 Å². The molecule has 1 aliphatic heterocycles. The predicted molar refractivity (Wildman–Crippen MR) is 55.6 cm³/mol. The highest BCUT2D eigenvalue weighted by Crippen LogP contribution is 2.16. The minimum Gasteiger partial charge on any atom is -0.459 e. The number of rotatable bonds is 3. The lowest BCUT2D eigenvalue weighted by atomic mass is 10.2. The number of carbonyl (C=O) groups excluding carboxylic acids is 1. The van der Waals surface area contributed by atoms with E-state index in [1.165, 1.54) is 0 Å². The van der Waals surface area contributed by atoms with Gasteiger partial charge in [-0.1, -0.05) is 0 Å². The van der Waals surface area contributed by atoms with E-state index in [9.17, 15) is 18.0 Å². The molecule has 0 bridgehead atoms. The Morgan fingerprint density at radius 3 is 2.56 bits per heavy atom. The molecule has 0 aliphatic carbocycles. The fourth-order valence-corrected chi connectivity index (χ4v) is 1.70. The summed E-state index contributed by atoms with van der Waals surface area (Å²) >= 11 is 0. The van der Waals surface area contributed by atoms with Gasteiger partial charge < -0.3 is 9.47 Å². The second kappa shape index (κ2) is 5.39. The summed E-state index contributed by atoms with van der Waals surface area (Å²) in [5.41, 5.74) is -0.357. The zero-order valence-electron chi connectivity index (χ0n) is 9.42. The van der Waals surface area contributed by atoms with Crippen LogP contribution in [0.3, 0.4) is 0 Å². The second-order valence-electron chi connectivity index (χ2n) is 3.99. The van der Waals surface area contributed by atoms with Gasteiger partial charge in [0.2, 0.25) is 0 Å². The lowest BCUT2D eigenvalue weighted by Gasteiger charge is -2.10. The monoisotopic (exact) mass is 260 g/mol. The molecule has 1 aliphatic rings. The number of carbonyl (C=O) groups is 1. The number of esters is 1. The fraction of sp³-hybridized carbons (Fsp3) is 0.417. The zero-order chi connectivity index (χ0) is 13.1. The first-order valence-electron chi connectivity index (χ1n) is 5.51. The van der Waals surface area contributed by atoms with Crippen LogP contribution in [0.25, 0.3) is 0 Å². The minimum atomic E-state index is -1.61. The maximum absolute atomic E-state index is 12.9. The van der Waals surface area contributed by atoms with Crippen LogP contribution in [0.15, 0.2) is 12.1 Å². The average Bonchev–Trinajstić information content (AvgIpc) is 2.85. The SMILES string of the molecule is O=C(OCC1CCCO1)c1cc(F)c(F)c(F)c1. The van der Waals surface area contributed by atoms with Crippen LogP contribution in [-0.4, -0.2) is 25.3 Å². The van der Waals surface area contributed by atoms with Crippen LogP contribution in [0.1, 0.15) is 23.2 Å². The summed E-state index contributed by atoms with van der Waals surface area (Å²) in [7, 11) is 0. The summed E-state index contributed by atoms with van der Waals surface area (Å²) in [6.07, 6.45) is 1.49. The Kier molecular flexibility index (Phi) is 3.86. The zero-order valence-corrected chi connectivity index (χ0v) is 9.42. The molecule has 0 saturated carbocycles. The molecular formula is C12H11F3O3. The first kappa shape index (κ1) is 12.9. The topological polar surface area (TPSA) is 35.5 Å². The molecule has 18 heavy (non-hydrogen) atoms. The summed E-state index contributed by atoms with van der Waals surface area (Å²) in [5.74, 6) is -5.34. The molecule has 6 heteroatoms. The van der Waals surface area contributed by atoms with Crippen molar-refractivity contribution in [2.75, 3.05) is 13.2 Å². The molecule has 0 amide bonds. The Morgan fingerprint density at radius 2 is 2.00 bits per heavy atom. The van der Waals surface area contributed by atoms with Crippen LogP contribution in [0.5, 0.6) is 0 Å². The predicted octanol–water partition coefficient (Wildman–Crippen LogP) is 2.44. The van der Waals surface area contributed by atoms with Gasteiger partial charge in [-0.3, -0.25) is 0 Å². The van der Waals surface area contributed by atoms with E-state index >= 15 is 0 Å². The van der Waals surface area contributed by atoms with Gasteiger partial charge in [0, 0.05) is 6.61 Å². The Hall–Kier alpha value is -1.56. The second-order valence-corrected chi connectivity index (χ2v) is 3.99. The summed E-state index contributed by atoms with van der Waals surface area (Å²) in [5, 5.41) is 0. The van der Waals surface area contributed by atoms with E-state index in [2.05, 4.69) is 0 Å². The molecule has 0 aromatic heterocycles. The molecule has 3 nitrogen and oxygen atoms in total. The quantitative estimate of drug-likeness (QED) is 0.618. The number of hydrogen-bond acceptors (Lipinski definition) is 3. The van der Waals surface area contributed by atoms with E-state index in [1.807, 2.05) is 0 Å². The van der Waals surface area contributed by atoms with Crippen molar-refractivity contribution in [2.45, 2.75) is 18.9 Å². The van der Waals surface area contributed by atoms with Gasteiger partial charge in [-0.2, -0.15) is 0 Å². The highest BCUT2D eigenvalue weighted by Gasteiger charge is 2.20.